The van der Waals surface area contributed by atoms with Crippen LogP contribution in [0.3, 0.4) is 0 Å². The fourth-order valence-corrected chi connectivity index (χ4v) is 3.61. The Bertz CT molecular complexity index is 777. The Morgan fingerprint density at radius 2 is 1.92 bits per heavy atom. The van der Waals surface area contributed by atoms with Gasteiger partial charge in [0.2, 0.25) is 5.91 Å². The Kier molecular flexibility index (Phi) is 6.67. The Balaban J connectivity index is 0.00000225. The predicted octanol–water partition coefficient (Wildman–Crippen LogP) is 1.85. The Labute approximate surface area is 154 Å². The van der Waals surface area contributed by atoms with Crippen LogP contribution in [0, 0.1) is 0 Å². The zero-order valence-corrected chi connectivity index (χ0v) is 15.7. The summed E-state index contributed by atoms with van der Waals surface area (Å²) in [5.74, 6) is 0.0339. The van der Waals surface area contributed by atoms with Crippen LogP contribution in [0.25, 0.3) is 11.0 Å². The van der Waals surface area contributed by atoms with Crippen molar-refractivity contribution >= 4 is 29.3 Å². The number of fused-ring (bicyclic) bond motifs is 1. The number of imidazole rings is 1. The zero-order valence-electron chi connectivity index (χ0n) is 14.9. The molecule has 138 valence electrons. The van der Waals surface area contributed by atoms with Crippen molar-refractivity contribution in [2.24, 2.45) is 0 Å². The molecule has 1 aromatic carbocycles. The van der Waals surface area contributed by atoms with Crippen LogP contribution in [-0.4, -0.2) is 45.6 Å². The van der Waals surface area contributed by atoms with E-state index in [4.69, 9.17) is 0 Å². The Morgan fingerprint density at radius 3 is 2.48 bits per heavy atom. The molecule has 1 unspecified atom stereocenters. The first kappa shape index (κ1) is 19.5. The molecular formula is C18H27ClN4O2. The molecule has 2 heterocycles. The molecule has 1 aliphatic heterocycles. The van der Waals surface area contributed by atoms with E-state index in [1.54, 1.807) is 9.13 Å². The number of halogens is 1. The van der Waals surface area contributed by atoms with Gasteiger partial charge in [0.25, 0.3) is 0 Å². The summed E-state index contributed by atoms with van der Waals surface area (Å²) in [6.07, 6.45) is 1.91. The lowest BCUT2D eigenvalue weighted by atomic mass is 10.2. The van der Waals surface area contributed by atoms with E-state index in [0.717, 1.165) is 43.5 Å². The largest absolute Gasteiger partial charge is 0.337 e. The second-order valence-corrected chi connectivity index (χ2v) is 6.34. The molecule has 1 amide bonds. The van der Waals surface area contributed by atoms with Gasteiger partial charge >= 0.3 is 5.69 Å². The van der Waals surface area contributed by atoms with Crippen molar-refractivity contribution in [1.29, 1.82) is 0 Å². The molecule has 25 heavy (non-hydrogen) atoms. The first-order chi connectivity index (χ1) is 11.7. The normalized spacial score (nSPS) is 16.8. The molecule has 7 heteroatoms. The molecule has 0 saturated carbocycles. The summed E-state index contributed by atoms with van der Waals surface area (Å²) in [5.41, 5.74) is 1.62. The molecule has 1 atom stereocenters. The van der Waals surface area contributed by atoms with Crippen molar-refractivity contribution in [2.45, 2.75) is 45.8 Å². The van der Waals surface area contributed by atoms with Crippen molar-refractivity contribution in [3.05, 3.63) is 34.7 Å². The molecular weight excluding hydrogens is 340 g/mol. The third kappa shape index (κ3) is 3.75. The first-order valence-corrected chi connectivity index (χ1v) is 8.85. The molecule has 1 aromatic heterocycles. The molecule has 6 nitrogen and oxygen atoms in total. The second-order valence-electron chi connectivity index (χ2n) is 6.34. The van der Waals surface area contributed by atoms with Gasteiger partial charge in [0.05, 0.1) is 11.0 Å². The maximum Gasteiger partial charge on any atom is 0.329 e. The lowest BCUT2D eigenvalue weighted by Crippen LogP contribution is -2.44. The van der Waals surface area contributed by atoms with Crippen molar-refractivity contribution in [3.8, 4) is 0 Å². The van der Waals surface area contributed by atoms with Gasteiger partial charge in [0.15, 0.2) is 0 Å². The van der Waals surface area contributed by atoms with Gasteiger partial charge in [-0.3, -0.25) is 13.9 Å². The number of amides is 1. The van der Waals surface area contributed by atoms with Crippen LogP contribution in [0.15, 0.2) is 29.1 Å². The lowest BCUT2D eigenvalue weighted by molar-refractivity contribution is -0.133. The highest BCUT2D eigenvalue weighted by atomic mass is 35.5. The standard InChI is InChI=1S/C18H26N4O2.ClH/c1-3-11-21(14-9-10-19-12-14)17(23)13-22-16-8-6-5-7-15(16)20(4-2)18(22)24;/h5-8,14,19H,3-4,9-13H2,1-2H3;1H. The summed E-state index contributed by atoms with van der Waals surface area (Å²) >= 11 is 0. The molecule has 0 bridgehead atoms. The summed E-state index contributed by atoms with van der Waals surface area (Å²) < 4.78 is 3.34. The number of carbonyl (C=O) groups excluding carboxylic acids is 1. The van der Waals surface area contributed by atoms with Crippen LogP contribution < -0.4 is 11.0 Å². The fourth-order valence-electron chi connectivity index (χ4n) is 3.61. The number of aryl methyl sites for hydroxylation is 1. The smallest absolute Gasteiger partial charge is 0.329 e. The molecule has 1 N–H and O–H groups in total. The highest BCUT2D eigenvalue weighted by Crippen LogP contribution is 2.15. The molecule has 3 rings (SSSR count). The van der Waals surface area contributed by atoms with Crippen molar-refractivity contribution in [3.63, 3.8) is 0 Å². The van der Waals surface area contributed by atoms with Gasteiger partial charge in [0.1, 0.15) is 6.54 Å². The topological polar surface area (TPSA) is 59.3 Å². The number of hydrogen-bond acceptors (Lipinski definition) is 3. The molecule has 1 aliphatic rings. The van der Waals surface area contributed by atoms with Crippen LogP contribution >= 0.6 is 12.4 Å². The SMILES string of the molecule is CCCN(C(=O)Cn1c(=O)n(CC)c2ccccc21)C1CCNC1.Cl. The molecule has 0 spiro atoms. The zero-order chi connectivity index (χ0) is 17.1. The van der Waals surface area contributed by atoms with E-state index < -0.39 is 0 Å². The van der Waals surface area contributed by atoms with E-state index in [0.29, 0.717) is 6.54 Å². The van der Waals surface area contributed by atoms with Gasteiger partial charge < -0.3 is 10.2 Å². The van der Waals surface area contributed by atoms with Crippen LogP contribution in [0.4, 0.5) is 0 Å². The van der Waals surface area contributed by atoms with Gasteiger partial charge in [-0.1, -0.05) is 19.1 Å². The third-order valence-electron chi connectivity index (χ3n) is 4.79. The van der Waals surface area contributed by atoms with E-state index in [2.05, 4.69) is 12.2 Å². The monoisotopic (exact) mass is 366 g/mol. The van der Waals surface area contributed by atoms with Gasteiger partial charge in [0, 0.05) is 25.7 Å². The van der Waals surface area contributed by atoms with E-state index in [-0.39, 0.29) is 36.6 Å². The van der Waals surface area contributed by atoms with Crippen molar-refractivity contribution in [1.82, 2.24) is 19.4 Å². The van der Waals surface area contributed by atoms with E-state index >= 15 is 0 Å². The van der Waals surface area contributed by atoms with Crippen molar-refractivity contribution < 1.29 is 4.79 Å². The molecule has 1 saturated heterocycles. The van der Waals surface area contributed by atoms with Gasteiger partial charge in [-0.2, -0.15) is 0 Å². The van der Waals surface area contributed by atoms with Crippen molar-refractivity contribution in [2.75, 3.05) is 19.6 Å². The average Bonchev–Trinajstić information content (AvgIpc) is 3.20. The number of carbonyl (C=O) groups is 1. The van der Waals surface area contributed by atoms with E-state index in [1.807, 2.05) is 36.1 Å². The molecule has 0 aliphatic carbocycles. The van der Waals surface area contributed by atoms with Crippen LogP contribution in [0.1, 0.15) is 26.7 Å². The highest BCUT2D eigenvalue weighted by Gasteiger charge is 2.27. The van der Waals surface area contributed by atoms with E-state index in [1.165, 1.54) is 0 Å². The summed E-state index contributed by atoms with van der Waals surface area (Å²) in [4.78, 5) is 27.6. The number of nitrogens with one attached hydrogen (secondary N) is 1. The molecule has 1 fully saturated rings. The number of aromatic nitrogens is 2. The lowest BCUT2D eigenvalue weighted by Gasteiger charge is -2.28. The number of benzene rings is 1. The minimum absolute atomic E-state index is 0. The third-order valence-corrected chi connectivity index (χ3v) is 4.79. The van der Waals surface area contributed by atoms with Gasteiger partial charge in [-0.15, -0.1) is 12.4 Å². The van der Waals surface area contributed by atoms with Crippen LogP contribution in [0.2, 0.25) is 0 Å². The minimum atomic E-state index is -0.104. The number of nitrogens with zero attached hydrogens (tertiary/aromatic N) is 3. The molecule has 2 aromatic rings. The van der Waals surface area contributed by atoms with Gasteiger partial charge in [-0.05, 0) is 38.4 Å². The summed E-state index contributed by atoms with van der Waals surface area (Å²) in [5, 5.41) is 3.32. The first-order valence-electron chi connectivity index (χ1n) is 8.85. The van der Waals surface area contributed by atoms with Crippen LogP contribution in [-0.2, 0) is 17.9 Å². The predicted molar refractivity (Wildman–Crippen MR) is 102 cm³/mol. The summed E-state index contributed by atoms with van der Waals surface area (Å²) in [6.45, 7) is 7.29. The Hall–Kier alpha value is -1.79. The summed E-state index contributed by atoms with van der Waals surface area (Å²) in [7, 11) is 0. The van der Waals surface area contributed by atoms with Gasteiger partial charge in [-0.25, -0.2) is 4.79 Å². The number of hydrogen-bond donors (Lipinski definition) is 1. The number of para-hydroxylation sites is 2. The quantitative estimate of drug-likeness (QED) is 0.848. The molecule has 0 radical (unpaired) electrons. The highest BCUT2D eigenvalue weighted by molar-refractivity contribution is 5.85. The maximum atomic E-state index is 12.9. The van der Waals surface area contributed by atoms with E-state index in [9.17, 15) is 9.59 Å². The minimum Gasteiger partial charge on any atom is -0.337 e. The summed E-state index contributed by atoms with van der Waals surface area (Å²) in [6, 6.07) is 7.93. The number of rotatable bonds is 6. The van der Waals surface area contributed by atoms with Crippen LogP contribution in [0.5, 0.6) is 0 Å². The Morgan fingerprint density at radius 1 is 1.24 bits per heavy atom. The fraction of sp³-hybridized carbons (Fsp3) is 0.556. The maximum absolute atomic E-state index is 12.9. The average molecular weight is 367 g/mol. The second kappa shape index (κ2) is 8.54.